The van der Waals surface area contributed by atoms with E-state index >= 15 is 0 Å². The molecule has 0 fully saturated rings. The van der Waals surface area contributed by atoms with Crippen LogP contribution < -0.4 is 5.32 Å². The van der Waals surface area contributed by atoms with E-state index in [1.807, 2.05) is 26.0 Å². The van der Waals surface area contributed by atoms with Crippen LogP contribution in [0.25, 0.3) is 0 Å². The number of hydrogen-bond acceptors (Lipinski definition) is 4. The molecule has 0 amide bonds. The molecule has 24 heavy (non-hydrogen) atoms. The highest BCUT2D eigenvalue weighted by molar-refractivity contribution is 5.25. The van der Waals surface area contributed by atoms with Crippen molar-refractivity contribution in [1.29, 1.82) is 0 Å². The molecule has 0 saturated carbocycles. The number of nitrogens with zero attached hydrogens (tertiary/aromatic N) is 1. The lowest BCUT2D eigenvalue weighted by Crippen LogP contribution is -2.13. The molecule has 126 valence electrons. The fourth-order valence-corrected chi connectivity index (χ4v) is 2.66. The maximum absolute atomic E-state index is 5.69. The highest BCUT2D eigenvalue weighted by Crippen LogP contribution is 2.11. The topological polar surface area (TPSA) is 63.1 Å². The summed E-state index contributed by atoms with van der Waals surface area (Å²) in [7, 11) is 0. The van der Waals surface area contributed by atoms with Crippen LogP contribution >= 0.6 is 0 Å². The van der Waals surface area contributed by atoms with Gasteiger partial charge in [-0.25, -0.2) is 0 Å². The maximum atomic E-state index is 5.69. The van der Waals surface area contributed by atoms with Crippen molar-refractivity contribution >= 4 is 0 Å². The van der Waals surface area contributed by atoms with Crippen LogP contribution in [-0.2, 0) is 31.0 Å². The highest BCUT2D eigenvalue weighted by atomic mass is 16.5. The molecule has 0 aliphatic heterocycles. The van der Waals surface area contributed by atoms with Gasteiger partial charge in [-0.15, -0.1) is 0 Å². The van der Waals surface area contributed by atoms with Gasteiger partial charge in [-0.1, -0.05) is 24.3 Å². The third-order valence-corrected chi connectivity index (χ3v) is 4.00. The molecule has 2 N–H and O–H groups in total. The van der Waals surface area contributed by atoms with E-state index in [4.69, 9.17) is 9.15 Å². The number of furan rings is 1. The van der Waals surface area contributed by atoms with E-state index in [0.29, 0.717) is 13.2 Å². The molecule has 0 radical (unpaired) electrons. The summed E-state index contributed by atoms with van der Waals surface area (Å²) in [6, 6.07) is 12.2. The molecule has 5 heteroatoms. The van der Waals surface area contributed by atoms with Gasteiger partial charge in [0.25, 0.3) is 0 Å². The molecule has 3 rings (SSSR count). The van der Waals surface area contributed by atoms with Crippen molar-refractivity contribution in [2.24, 2.45) is 0 Å². The summed E-state index contributed by atoms with van der Waals surface area (Å²) in [5, 5.41) is 10.7. The SMILES string of the molecule is Cc1n[nH]c(C)c1CNCc1cccc(COCc2ccco2)c1. The monoisotopic (exact) mass is 325 g/mol. The molecule has 1 aromatic carbocycles. The lowest BCUT2D eigenvalue weighted by Gasteiger charge is -2.08. The van der Waals surface area contributed by atoms with Crippen molar-refractivity contribution in [3.05, 3.63) is 76.5 Å². The zero-order valence-corrected chi connectivity index (χ0v) is 14.1. The van der Waals surface area contributed by atoms with Crippen molar-refractivity contribution in [3.8, 4) is 0 Å². The average molecular weight is 325 g/mol. The zero-order chi connectivity index (χ0) is 16.8. The van der Waals surface area contributed by atoms with Crippen LogP contribution in [0.2, 0.25) is 0 Å². The Morgan fingerprint density at radius 2 is 1.96 bits per heavy atom. The summed E-state index contributed by atoms with van der Waals surface area (Å²) < 4.78 is 10.9. The number of benzene rings is 1. The van der Waals surface area contributed by atoms with Gasteiger partial charge < -0.3 is 14.5 Å². The first-order valence-corrected chi connectivity index (χ1v) is 8.11. The molecule has 2 heterocycles. The second-order valence-corrected chi connectivity index (χ2v) is 5.91. The number of aromatic amines is 1. The summed E-state index contributed by atoms with van der Waals surface area (Å²) >= 11 is 0. The largest absolute Gasteiger partial charge is 0.467 e. The van der Waals surface area contributed by atoms with Crippen LogP contribution in [0.15, 0.2) is 47.1 Å². The van der Waals surface area contributed by atoms with Crippen LogP contribution in [0.4, 0.5) is 0 Å². The first-order valence-electron chi connectivity index (χ1n) is 8.11. The standard InChI is InChI=1S/C19H23N3O2/c1-14-19(15(2)22-21-14)11-20-10-16-5-3-6-17(9-16)12-23-13-18-7-4-8-24-18/h3-9,20H,10-13H2,1-2H3,(H,21,22). The number of rotatable bonds is 8. The number of aryl methyl sites for hydroxylation is 2. The third kappa shape index (κ3) is 4.34. The van der Waals surface area contributed by atoms with Gasteiger partial charge in [0.1, 0.15) is 12.4 Å². The predicted molar refractivity (Wildman–Crippen MR) is 92.2 cm³/mol. The molecule has 3 aromatic rings. The Kier molecular flexibility index (Phi) is 5.46. The molecule has 5 nitrogen and oxygen atoms in total. The molecule has 0 saturated heterocycles. The van der Waals surface area contributed by atoms with E-state index in [1.165, 1.54) is 11.1 Å². The van der Waals surface area contributed by atoms with E-state index < -0.39 is 0 Å². The smallest absolute Gasteiger partial charge is 0.129 e. The van der Waals surface area contributed by atoms with E-state index in [2.05, 4.69) is 39.8 Å². The van der Waals surface area contributed by atoms with Crippen LogP contribution in [0.5, 0.6) is 0 Å². The van der Waals surface area contributed by atoms with Gasteiger partial charge in [0.2, 0.25) is 0 Å². The highest BCUT2D eigenvalue weighted by Gasteiger charge is 2.05. The van der Waals surface area contributed by atoms with E-state index in [0.717, 1.165) is 35.8 Å². The Hall–Kier alpha value is -2.37. The minimum atomic E-state index is 0.495. The van der Waals surface area contributed by atoms with E-state index in [1.54, 1.807) is 6.26 Å². The molecule has 0 unspecified atom stereocenters. The van der Waals surface area contributed by atoms with Crippen LogP contribution in [-0.4, -0.2) is 10.2 Å². The number of ether oxygens (including phenoxy) is 1. The van der Waals surface area contributed by atoms with Crippen molar-refractivity contribution in [2.45, 2.75) is 40.2 Å². The quantitative estimate of drug-likeness (QED) is 0.664. The van der Waals surface area contributed by atoms with Crippen LogP contribution in [0.1, 0.15) is 33.8 Å². The van der Waals surface area contributed by atoms with Gasteiger partial charge >= 0.3 is 0 Å². The first kappa shape index (κ1) is 16.5. The second-order valence-electron chi connectivity index (χ2n) is 5.91. The second kappa shape index (κ2) is 7.95. The average Bonchev–Trinajstić information content (AvgIpc) is 3.20. The minimum Gasteiger partial charge on any atom is -0.467 e. The minimum absolute atomic E-state index is 0.495. The van der Waals surface area contributed by atoms with E-state index in [-0.39, 0.29) is 0 Å². The summed E-state index contributed by atoms with van der Waals surface area (Å²) in [6.45, 7) is 6.78. The normalized spacial score (nSPS) is 11.1. The molecule has 0 spiro atoms. The molecule has 0 atom stereocenters. The zero-order valence-electron chi connectivity index (χ0n) is 14.1. The predicted octanol–water partition coefficient (Wildman–Crippen LogP) is 3.63. The van der Waals surface area contributed by atoms with Crippen LogP contribution in [0.3, 0.4) is 0 Å². The molecular weight excluding hydrogens is 302 g/mol. The van der Waals surface area contributed by atoms with Crippen molar-refractivity contribution in [2.75, 3.05) is 0 Å². The molecule has 0 bridgehead atoms. The fraction of sp³-hybridized carbons (Fsp3) is 0.316. The lowest BCUT2D eigenvalue weighted by atomic mass is 10.1. The Morgan fingerprint density at radius 3 is 2.71 bits per heavy atom. The first-order chi connectivity index (χ1) is 11.7. The van der Waals surface area contributed by atoms with Crippen molar-refractivity contribution in [1.82, 2.24) is 15.5 Å². The van der Waals surface area contributed by atoms with Gasteiger partial charge in [-0.3, -0.25) is 5.10 Å². The van der Waals surface area contributed by atoms with Gasteiger partial charge in [0, 0.05) is 24.3 Å². The summed E-state index contributed by atoms with van der Waals surface area (Å²) in [4.78, 5) is 0. The van der Waals surface area contributed by atoms with Gasteiger partial charge in [0.15, 0.2) is 0 Å². The number of H-pyrrole nitrogens is 1. The van der Waals surface area contributed by atoms with E-state index in [9.17, 15) is 0 Å². The molecule has 0 aliphatic rings. The summed E-state index contributed by atoms with van der Waals surface area (Å²) in [6.07, 6.45) is 1.66. The van der Waals surface area contributed by atoms with Gasteiger partial charge in [0.05, 0.1) is 18.6 Å². The number of aromatic nitrogens is 2. The van der Waals surface area contributed by atoms with Crippen molar-refractivity contribution < 1.29 is 9.15 Å². The number of hydrogen-bond donors (Lipinski definition) is 2. The lowest BCUT2D eigenvalue weighted by molar-refractivity contribution is 0.0929. The molecular formula is C19H23N3O2. The Bertz CT molecular complexity index is 743. The summed E-state index contributed by atoms with van der Waals surface area (Å²) in [5.74, 6) is 0.846. The summed E-state index contributed by atoms with van der Waals surface area (Å²) in [5.41, 5.74) is 5.83. The van der Waals surface area contributed by atoms with Crippen LogP contribution in [0, 0.1) is 13.8 Å². The third-order valence-electron chi connectivity index (χ3n) is 4.00. The number of nitrogens with one attached hydrogen (secondary N) is 2. The fourth-order valence-electron chi connectivity index (χ4n) is 2.66. The van der Waals surface area contributed by atoms with Crippen molar-refractivity contribution in [3.63, 3.8) is 0 Å². The molecule has 0 aliphatic carbocycles. The Balaban J connectivity index is 1.48. The van der Waals surface area contributed by atoms with Gasteiger partial charge in [-0.05, 0) is 37.1 Å². The maximum Gasteiger partial charge on any atom is 0.129 e. The molecule has 2 aromatic heterocycles. The van der Waals surface area contributed by atoms with Gasteiger partial charge in [-0.2, -0.15) is 5.10 Å². The Morgan fingerprint density at radius 1 is 1.08 bits per heavy atom. The Labute approximate surface area is 142 Å².